The molecule has 0 aliphatic carbocycles. The number of carbonyl (C=O) groups excluding carboxylic acids is 1. The monoisotopic (exact) mass is 352 g/mol. The molecule has 7 heteroatoms. The van der Waals surface area contributed by atoms with E-state index in [1.807, 2.05) is 5.38 Å². The Morgan fingerprint density at radius 2 is 1.96 bits per heavy atom. The molecular weight excluding hydrogens is 332 g/mol. The first-order chi connectivity index (χ1) is 10.9. The normalized spacial score (nSPS) is 11.6. The lowest BCUT2D eigenvalue weighted by atomic mass is 10.2. The quantitative estimate of drug-likeness (QED) is 0.830. The van der Waals surface area contributed by atoms with Crippen molar-refractivity contribution in [3.05, 3.63) is 46.4 Å². The van der Waals surface area contributed by atoms with Crippen molar-refractivity contribution in [1.82, 2.24) is 10.3 Å². The van der Waals surface area contributed by atoms with Crippen molar-refractivity contribution in [2.24, 2.45) is 0 Å². The average molecular weight is 352 g/mol. The molecule has 2 rings (SSSR count). The minimum absolute atomic E-state index is 0.0945. The molecule has 0 fully saturated rings. The van der Waals surface area contributed by atoms with Crippen LogP contribution >= 0.6 is 11.3 Å². The Balaban J connectivity index is 1.82. The Labute approximate surface area is 140 Å². The molecule has 1 N–H and O–H groups in total. The van der Waals surface area contributed by atoms with Crippen LogP contribution in [0.15, 0.2) is 40.6 Å². The molecule has 0 spiro atoms. The number of sulfone groups is 1. The molecule has 0 saturated heterocycles. The highest BCUT2D eigenvalue weighted by atomic mass is 32.2. The SMILES string of the molecule is CC(C)c1nc(CC(=O)NCCS(=O)(=O)c2ccccc2)cs1. The molecule has 1 heterocycles. The van der Waals surface area contributed by atoms with Gasteiger partial charge in [-0.05, 0) is 12.1 Å². The third kappa shape index (κ3) is 5.14. The highest BCUT2D eigenvalue weighted by Crippen LogP contribution is 2.19. The van der Waals surface area contributed by atoms with Crippen LogP contribution in [-0.2, 0) is 21.1 Å². The zero-order chi connectivity index (χ0) is 16.9. The highest BCUT2D eigenvalue weighted by Gasteiger charge is 2.15. The van der Waals surface area contributed by atoms with E-state index in [0.29, 0.717) is 5.92 Å². The molecule has 124 valence electrons. The van der Waals surface area contributed by atoms with E-state index in [-0.39, 0.29) is 29.5 Å². The van der Waals surface area contributed by atoms with Crippen molar-refractivity contribution in [2.45, 2.75) is 31.1 Å². The van der Waals surface area contributed by atoms with Crippen LogP contribution in [0.4, 0.5) is 0 Å². The fraction of sp³-hybridized carbons (Fsp3) is 0.375. The van der Waals surface area contributed by atoms with E-state index in [9.17, 15) is 13.2 Å². The summed E-state index contributed by atoms with van der Waals surface area (Å²) >= 11 is 1.54. The lowest BCUT2D eigenvalue weighted by Gasteiger charge is -2.06. The molecule has 1 amide bonds. The van der Waals surface area contributed by atoms with Gasteiger partial charge in [0.1, 0.15) is 0 Å². The maximum atomic E-state index is 12.1. The molecule has 23 heavy (non-hydrogen) atoms. The van der Waals surface area contributed by atoms with Gasteiger partial charge in [0.2, 0.25) is 5.91 Å². The molecule has 0 aliphatic heterocycles. The molecule has 0 unspecified atom stereocenters. The summed E-state index contributed by atoms with van der Waals surface area (Å²) < 4.78 is 24.2. The van der Waals surface area contributed by atoms with Crippen LogP contribution in [0.1, 0.15) is 30.5 Å². The third-order valence-electron chi connectivity index (χ3n) is 3.20. The van der Waals surface area contributed by atoms with Crippen LogP contribution in [-0.4, -0.2) is 31.6 Å². The second-order valence-electron chi connectivity index (χ2n) is 5.49. The van der Waals surface area contributed by atoms with Gasteiger partial charge in [-0.25, -0.2) is 13.4 Å². The van der Waals surface area contributed by atoms with Gasteiger partial charge in [-0.1, -0.05) is 32.0 Å². The first-order valence-corrected chi connectivity index (χ1v) is 9.90. The Morgan fingerprint density at radius 1 is 1.26 bits per heavy atom. The molecule has 0 saturated carbocycles. The third-order valence-corrected chi connectivity index (χ3v) is 6.13. The standard InChI is InChI=1S/C16H20N2O3S2/c1-12(2)16-18-13(11-22-16)10-15(19)17-8-9-23(20,21)14-6-4-3-5-7-14/h3-7,11-12H,8-10H2,1-2H3,(H,17,19). The van der Waals surface area contributed by atoms with Crippen molar-refractivity contribution in [3.63, 3.8) is 0 Å². The Morgan fingerprint density at radius 3 is 2.57 bits per heavy atom. The lowest BCUT2D eigenvalue weighted by Crippen LogP contribution is -2.30. The van der Waals surface area contributed by atoms with Gasteiger partial charge in [-0.15, -0.1) is 11.3 Å². The zero-order valence-corrected chi connectivity index (χ0v) is 14.8. The van der Waals surface area contributed by atoms with Crippen LogP contribution < -0.4 is 5.32 Å². The highest BCUT2D eigenvalue weighted by molar-refractivity contribution is 7.91. The van der Waals surface area contributed by atoms with Crippen LogP contribution in [0.2, 0.25) is 0 Å². The molecule has 0 radical (unpaired) electrons. The molecule has 0 bridgehead atoms. The van der Waals surface area contributed by atoms with E-state index in [2.05, 4.69) is 24.1 Å². The number of carbonyl (C=O) groups is 1. The molecule has 5 nitrogen and oxygen atoms in total. The summed E-state index contributed by atoms with van der Waals surface area (Å²) in [6.07, 6.45) is 0.175. The van der Waals surface area contributed by atoms with Gasteiger partial charge in [0.25, 0.3) is 0 Å². The summed E-state index contributed by atoms with van der Waals surface area (Å²) in [5.41, 5.74) is 0.724. The number of rotatable bonds is 7. The number of aromatic nitrogens is 1. The number of nitrogens with one attached hydrogen (secondary N) is 1. The first-order valence-electron chi connectivity index (χ1n) is 7.37. The van der Waals surface area contributed by atoms with Crippen LogP contribution in [0.3, 0.4) is 0 Å². The minimum atomic E-state index is -3.36. The zero-order valence-electron chi connectivity index (χ0n) is 13.2. The summed E-state index contributed by atoms with van der Waals surface area (Å²) in [6.45, 7) is 4.20. The van der Waals surface area contributed by atoms with Crippen molar-refractivity contribution < 1.29 is 13.2 Å². The van der Waals surface area contributed by atoms with Crippen LogP contribution in [0, 0.1) is 0 Å². The van der Waals surface area contributed by atoms with Crippen molar-refractivity contribution in [1.29, 1.82) is 0 Å². The molecule has 0 aliphatic rings. The maximum absolute atomic E-state index is 12.1. The molecule has 1 aromatic heterocycles. The number of hydrogen-bond acceptors (Lipinski definition) is 5. The summed E-state index contributed by atoms with van der Waals surface area (Å²) in [4.78, 5) is 16.5. The number of thiazole rings is 1. The second-order valence-corrected chi connectivity index (χ2v) is 8.49. The van der Waals surface area contributed by atoms with Gasteiger partial charge >= 0.3 is 0 Å². The fourth-order valence-electron chi connectivity index (χ4n) is 1.97. The Kier molecular flexibility index (Phi) is 5.90. The largest absolute Gasteiger partial charge is 0.355 e. The topological polar surface area (TPSA) is 76.1 Å². The van der Waals surface area contributed by atoms with Gasteiger partial charge in [0.15, 0.2) is 9.84 Å². The fourth-order valence-corrected chi connectivity index (χ4v) is 3.98. The van der Waals surface area contributed by atoms with E-state index in [1.165, 1.54) is 11.3 Å². The van der Waals surface area contributed by atoms with Crippen molar-refractivity contribution in [2.75, 3.05) is 12.3 Å². The Bertz CT molecular complexity index is 753. The average Bonchev–Trinajstić information content (AvgIpc) is 2.96. The number of amides is 1. The summed E-state index contributed by atoms with van der Waals surface area (Å²) in [6, 6.07) is 8.24. The van der Waals surface area contributed by atoms with Gasteiger partial charge in [-0.3, -0.25) is 4.79 Å². The summed E-state index contributed by atoms with van der Waals surface area (Å²) in [5.74, 6) is 0.0125. The molecule has 2 aromatic rings. The molecule has 0 atom stereocenters. The van der Waals surface area contributed by atoms with Crippen LogP contribution in [0.5, 0.6) is 0 Å². The lowest BCUT2D eigenvalue weighted by molar-refractivity contribution is -0.120. The second kappa shape index (κ2) is 7.70. The minimum Gasteiger partial charge on any atom is -0.355 e. The molecular formula is C16H20N2O3S2. The maximum Gasteiger partial charge on any atom is 0.226 e. The first kappa shape index (κ1) is 17.6. The van der Waals surface area contributed by atoms with E-state index >= 15 is 0 Å². The van der Waals surface area contributed by atoms with Gasteiger partial charge < -0.3 is 5.32 Å². The summed E-state index contributed by atoms with van der Waals surface area (Å²) in [5, 5.41) is 5.51. The number of nitrogens with zero attached hydrogens (tertiary/aromatic N) is 1. The molecule has 1 aromatic carbocycles. The van der Waals surface area contributed by atoms with E-state index in [1.54, 1.807) is 30.3 Å². The van der Waals surface area contributed by atoms with Crippen molar-refractivity contribution in [3.8, 4) is 0 Å². The van der Waals surface area contributed by atoms with E-state index < -0.39 is 9.84 Å². The van der Waals surface area contributed by atoms with E-state index in [0.717, 1.165) is 10.7 Å². The van der Waals surface area contributed by atoms with Gasteiger partial charge in [-0.2, -0.15) is 0 Å². The van der Waals surface area contributed by atoms with Crippen molar-refractivity contribution >= 4 is 27.1 Å². The van der Waals surface area contributed by atoms with Gasteiger partial charge in [0.05, 0.1) is 27.8 Å². The number of hydrogen-bond donors (Lipinski definition) is 1. The predicted molar refractivity (Wildman–Crippen MR) is 91.4 cm³/mol. The van der Waals surface area contributed by atoms with Gasteiger partial charge in [0, 0.05) is 17.8 Å². The summed E-state index contributed by atoms with van der Waals surface area (Å²) in [7, 11) is -3.36. The number of benzene rings is 1. The van der Waals surface area contributed by atoms with Crippen LogP contribution in [0.25, 0.3) is 0 Å². The van der Waals surface area contributed by atoms with E-state index in [4.69, 9.17) is 0 Å². The predicted octanol–water partition coefficient (Wildman–Crippen LogP) is 2.40. The smallest absolute Gasteiger partial charge is 0.226 e. The Hall–Kier alpha value is -1.73.